The molecule has 0 amide bonds. The molecular weight excluding hydrogens is 580 g/mol. The van der Waals surface area contributed by atoms with Gasteiger partial charge in [-0.1, -0.05) is 97.1 Å². The van der Waals surface area contributed by atoms with E-state index in [9.17, 15) is 0 Å². The van der Waals surface area contributed by atoms with Crippen molar-refractivity contribution in [2.75, 3.05) is 0 Å². The molecule has 0 aliphatic rings. The van der Waals surface area contributed by atoms with Crippen molar-refractivity contribution in [1.82, 2.24) is 0 Å². The molecule has 0 N–H and O–H groups in total. The number of rotatable bonds is 5. The van der Waals surface area contributed by atoms with E-state index in [1.807, 2.05) is 50.2 Å². The van der Waals surface area contributed by atoms with Gasteiger partial charge in [0, 0.05) is 11.1 Å². The summed E-state index contributed by atoms with van der Waals surface area (Å²) in [5, 5.41) is 0. The van der Waals surface area contributed by atoms with Gasteiger partial charge in [0.05, 0.1) is 22.8 Å². The first kappa shape index (κ1) is 25.3. The van der Waals surface area contributed by atoms with Crippen molar-refractivity contribution in [2.45, 2.75) is 13.8 Å². The fraction of sp³-hybridized carbons (Fsp3) is 0.0714. The topological polar surface area (TPSA) is 24.7 Å². The van der Waals surface area contributed by atoms with Gasteiger partial charge in [-0.15, -0.1) is 0 Å². The summed E-state index contributed by atoms with van der Waals surface area (Å²) in [4.78, 5) is 9.84. The summed E-state index contributed by atoms with van der Waals surface area (Å²) in [5.74, 6) is 0. The minimum atomic E-state index is 0.875. The van der Waals surface area contributed by atoms with Crippen LogP contribution in [0.3, 0.4) is 0 Å². The van der Waals surface area contributed by atoms with Gasteiger partial charge in [-0.3, -0.25) is 9.98 Å². The molecule has 0 atom stereocenters. The molecule has 4 rings (SSSR count). The van der Waals surface area contributed by atoms with E-state index in [0.29, 0.717) is 0 Å². The van der Waals surface area contributed by atoms with Gasteiger partial charge in [-0.05, 0) is 37.1 Å². The zero-order valence-electron chi connectivity index (χ0n) is 18.4. The SMILES string of the molecule is CC(=Nc1ccccc1-c1ccccc1)C(C)=Nc1ccccc1-c1ccccc1.[Br][Fe][Br]. The number of halogens is 2. The molecule has 0 spiro atoms. The van der Waals surface area contributed by atoms with E-state index in [2.05, 4.69) is 101 Å². The number of aliphatic imine (C=N–C) groups is 2. The van der Waals surface area contributed by atoms with Crippen LogP contribution in [-0.4, -0.2) is 11.4 Å². The van der Waals surface area contributed by atoms with E-state index in [-0.39, 0.29) is 0 Å². The van der Waals surface area contributed by atoms with Gasteiger partial charge in [0.25, 0.3) is 0 Å². The first-order valence-corrected chi connectivity index (χ1v) is 15.8. The van der Waals surface area contributed by atoms with Gasteiger partial charge in [0.15, 0.2) is 0 Å². The van der Waals surface area contributed by atoms with Crippen LogP contribution in [0.4, 0.5) is 11.4 Å². The molecule has 0 saturated carbocycles. The van der Waals surface area contributed by atoms with Crippen LogP contribution in [0.2, 0.25) is 0 Å². The third-order valence-corrected chi connectivity index (χ3v) is 5.08. The van der Waals surface area contributed by atoms with Crippen LogP contribution in [0.15, 0.2) is 119 Å². The normalized spacial score (nSPS) is 11.6. The first-order valence-electron chi connectivity index (χ1n) is 10.4. The first-order chi connectivity index (χ1) is 16.1. The van der Waals surface area contributed by atoms with Crippen LogP contribution < -0.4 is 0 Å². The Morgan fingerprint density at radius 2 is 0.818 bits per heavy atom. The summed E-state index contributed by atoms with van der Waals surface area (Å²) in [6, 6.07) is 37.2. The Morgan fingerprint density at radius 3 is 1.18 bits per heavy atom. The fourth-order valence-electron chi connectivity index (χ4n) is 3.39. The van der Waals surface area contributed by atoms with Crippen LogP contribution in [0.5, 0.6) is 0 Å². The molecule has 0 unspecified atom stereocenters. The Kier molecular flexibility index (Phi) is 10.3. The van der Waals surface area contributed by atoms with Gasteiger partial charge in [-0.2, -0.15) is 0 Å². The van der Waals surface area contributed by atoms with E-state index < -0.39 is 0 Å². The van der Waals surface area contributed by atoms with Crippen LogP contribution >= 0.6 is 28.2 Å². The molecule has 0 fully saturated rings. The van der Waals surface area contributed by atoms with Crippen LogP contribution in [-0.2, 0) is 11.3 Å². The van der Waals surface area contributed by atoms with Crippen molar-refractivity contribution in [3.8, 4) is 22.3 Å². The molecule has 168 valence electrons. The summed E-state index contributed by atoms with van der Waals surface area (Å²) < 4.78 is 0. The Morgan fingerprint density at radius 1 is 0.515 bits per heavy atom. The molecule has 5 heteroatoms. The molecule has 0 heterocycles. The summed E-state index contributed by atoms with van der Waals surface area (Å²) in [7, 11) is 0. The standard InChI is InChI=1S/C28H24N2.2BrH.Fe/c1-21(29-27-19-11-9-17-25(27)23-13-5-3-6-14-23)22(2)30-28-20-12-10-18-26(28)24-15-7-4-8-16-24;;;/h3-20H,1-2H3;2*1H;/q;;;+2/p-2. The molecule has 0 bridgehead atoms. The Balaban J connectivity index is 0.000000968. The quantitative estimate of drug-likeness (QED) is 0.160. The van der Waals surface area contributed by atoms with Gasteiger partial charge in [0.2, 0.25) is 0 Å². The van der Waals surface area contributed by atoms with Crippen LogP contribution in [0.1, 0.15) is 13.8 Å². The second kappa shape index (κ2) is 13.4. The van der Waals surface area contributed by atoms with Crippen molar-refractivity contribution >= 4 is 51.0 Å². The van der Waals surface area contributed by atoms with Crippen molar-refractivity contribution < 1.29 is 11.3 Å². The molecular formula is C28H24Br2FeN2. The molecule has 2 nitrogen and oxygen atoms in total. The molecule has 0 saturated heterocycles. The van der Waals surface area contributed by atoms with Gasteiger partial charge >= 0.3 is 39.6 Å². The second-order valence-electron chi connectivity index (χ2n) is 7.21. The molecule has 4 aromatic rings. The van der Waals surface area contributed by atoms with Crippen molar-refractivity contribution in [3.63, 3.8) is 0 Å². The molecule has 33 heavy (non-hydrogen) atoms. The predicted molar refractivity (Wildman–Crippen MR) is 147 cm³/mol. The maximum absolute atomic E-state index is 4.92. The summed E-state index contributed by atoms with van der Waals surface area (Å²) in [5.41, 5.74) is 8.27. The third-order valence-electron chi connectivity index (χ3n) is 5.08. The van der Waals surface area contributed by atoms with Crippen LogP contribution in [0, 0.1) is 0 Å². The third kappa shape index (κ3) is 7.34. The fourth-order valence-corrected chi connectivity index (χ4v) is 3.39. The zero-order valence-corrected chi connectivity index (χ0v) is 22.7. The Bertz CT molecular complexity index is 1130. The average molecular weight is 604 g/mol. The molecule has 0 aromatic heterocycles. The van der Waals surface area contributed by atoms with E-state index in [1.165, 1.54) is 0 Å². The minimum absolute atomic E-state index is 0.875. The second-order valence-corrected chi connectivity index (χ2v) is 12.8. The molecule has 0 radical (unpaired) electrons. The number of para-hydroxylation sites is 2. The van der Waals surface area contributed by atoms with Crippen LogP contribution in [0.25, 0.3) is 22.3 Å². The average Bonchev–Trinajstić information content (AvgIpc) is 2.86. The molecule has 0 aliphatic heterocycles. The monoisotopic (exact) mass is 602 g/mol. The predicted octanol–water partition coefficient (Wildman–Crippen LogP) is 9.59. The van der Waals surface area contributed by atoms with Crippen molar-refractivity contribution in [3.05, 3.63) is 109 Å². The van der Waals surface area contributed by atoms with E-state index >= 15 is 0 Å². The van der Waals surface area contributed by atoms with Crippen molar-refractivity contribution in [1.29, 1.82) is 0 Å². The Hall–Kier alpha value is -2.30. The van der Waals surface area contributed by atoms with Crippen molar-refractivity contribution in [2.24, 2.45) is 9.98 Å². The van der Waals surface area contributed by atoms with Gasteiger partial charge in [0.1, 0.15) is 0 Å². The van der Waals surface area contributed by atoms with Gasteiger partial charge < -0.3 is 0 Å². The number of nitrogens with zero attached hydrogens (tertiary/aromatic N) is 2. The summed E-state index contributed by atoms with van der Waals surface area (Å²) in [6.07, 6.45) is 0. The zero-order chi connectivity index (χ0) is 23.5. The number of hydrogen-bond acceptors (Lipinski definition) is 2. The number of benzene rings is 4. The van der Waals surface area contributed by atoms with E-state index in [1.54, 1.807) is 0 Å². The van der Waals surface area contributed by atoms with E-state index in [4.69, 9.17) is 9.98 Å². The Labute approximate surface area is 216 Å². The number of hydrogen-bond donors (Lipinski definition) is 0. The van der Waals surface area contributed by atoms with Gasteiger partial charge in [-0.25, -0.2) is 0 Å². The summed E-state index contributed by atoms with van der Waals surface area (Å²) >= 11 is 7.00. The van der Waals surface area contributed by atoms with E-state index in [0.717, 1.165) is 56.4 Å². The molecule has 4 aromatic carbocycles. The maximum atomic E-state index is 4.92. The molecule has 0 aliphatic carbocycles. The summed E-state index contributed by atoms with van der Waals surface area (Å²) in [6.45, 7) is 4.04.